The normalized spacial score (nSPS) is 24.4. The standard InChI is InChI=1S/C27H30N2O6/c1-17-14-20-15-19(6-7-22(20)35-17)25(30)23-24(18-4-3-5-21(16-18)33-2)29(27(32)26(23)31)9-8-28-10-12-34-13-11-28/h3-7,15-17,23-24H,8-14H2,1-2H3. The highest BCUT2D eigenvalue weighted by Gasteiger charge is 2.51. The number of carbonyl (C=O) groups is 3. The van der Waals surface area contributed by atoms with E-state index in [0.717, 1.165) is 24.4 Å². The first kappa shape index (κ1) is 23.5. The molecule has 2 saturated heterocycles. The first-order valence-corrected chi connectivity index (χ1v) is 12.1. The lowest BCUT2D eigenvalue weighted by atomic mass is 9.85. The Morgan fingerprint density at radius 3 is 2.66 bits per heavy atom. The van der Waals surface area contributed by atoms with Gasteiger partial charge in [0.05, 0.1) is 26.4 Å². The zero-order valence-electron chi connectivity index (χ0n) is 20.1. The van der Waals surface area contributed by atoms with Gasteiger partial charge in [-0.1, -0.05) is 12.1 Å². The van der Waals surface area contributed by atoms with Crippen LogP contribution in [0.5, 0.6) is 11.5 Å². The predicted octanol–water partition coefficient (Wildman–Crippen LogP) is 2.30. The third kappa shape index (κ3) is 4.56. The van der Waals surface area contributed by atoms with Crippen molar-refractivity contribution >= 4 is 17.5 Å². The number of morpholine rings is 1. The molecule has 0 aromatic heterocycles. The fraction of sp³-hybridized carbons (Fsp3) is 0.444. The number of benzene rings is 2. The van der Waals surface area contributed by atoms with Crippen LogP contribution in [0.15, 0.2) is 42.5 Å². The van der Waals surface area contributed by atoms with Crippen LogP contribution in [0.4, 0.5) is 0 Å². The average molecular weight is 479 g/mol. The molecule has 2 aromatic carbocycles. The fourth-order valence-corrected chi connectivity index (χ4v) is 5.25. The smallest absolute Gasteiger partial charge is 0.291 e. The maximum Gasteiger partial charge on any atom is 0.291 e. The summed E-state index contributed by atoms with van der Waals surface area (Å²) in [5, 5.41) is 0. The van der Waals surface area contributed by atoms with Gasteiger partial charge in [-0.15, -0.1) is 0 Å². The van der Waals surface area contributed by atoms with Gasteiger partial charge in [0.1, 0.15) is 23.5 Å². The van der Waals surface area contributed by atoms with E-state index in [-0.39, 0.29) is 11.9 Å². The Bertz CT molecular complexity index is 1140. The van der Waals surface area contributed by atoms with E-state index in [1.54, 1.807) is 42.3 Å². The summed E-state index contributed by atoms with van der Waals surface area (Å²) >= 11 is 0. The second-order valence-corrected chi connectivity index (χ2v) is 9.34. The van der Waals surface area contributed by atoms with Crippen LogP contribution in [0.2, 0.25) is 0 Å². The molecule has 35 heavy (non-hydrogen) atoms. The van der Waals surface area contributed by atoms with Crippen molar-refractivity contribution in [2.24, 2.45) is 5.92 Å². The molecule has 0 N–H and O–H groups in total. The van der Waals surface area contributed by atoms with Gasteiger partial charge >= 0.3 is 0 Å². The monoisotopic (exact) mass is 478 g/mol. The van der Waals surface area contributed by atoms with Crippen molar-refractivity contribution in [2.45, 2.75) is 25.5 Å². The molecule has 0 aliphatic carbocycles. The molecule has 3 aliphatic heterocycles. The van der Waals surface area contributed by atoms with Crippen LogP contribution in [0.3, 0.4) is 0 Å². The van der Waals surface area contributed by atoms with Crippen molar-refractivity contribution in [1.82, 2.24) is 9.80 Å². The molecule has 3 unspecified atom stereocenters. The molecule has 1 amide bonds. The van der Waals surface area contributed by atoms with Gasteiger partial charge in [0.15, 0.2) is 5.78 Å². The molecule has 3 aliphatic rings. The summed E-state index contributed by atoms with van der Waals surface area (Å²) in [5.41, 5.74) is 2.08. The average Bonchev–Trinajstić information content (AvgIpc) is 3.38. The molecule has 8 heteroatoms. The second-order valence-electron chi connectivity index (χ2n) is 9.34. The van der Waals surface area contributed by atoms with Crippen LogP contribution in [-0.4, -0.2) is 79.9 Å². The molecule has 0 bridgehead atoms. The number of carbonyl (C=O) groups excluding carboxylic acids is 3. The molecular weight excluding hydrogens is 448 g/mol. The van der Waals surface area contributed by atoms with Crippen molar-refractivity contribution in [1.29, 1.82) is 0 Å². The number of nitrogens with zero attached hydrogens (tertiary/aromatic N) is 2. The van der Waals surface area contributed by atoms with E-state index in [1.165, 1.54) is 0 Å². The van der Waals surface area contributed by atoms with Crippen LogP contribution < -0.4 is 9.47 Å². The molecule has 3 heterocycles. The molecule has 0 saturated carbocycles. The number of Topliss-reactive ketones (excluding diaryl/α,β-unsaturated/α-hetero) is 2. The van der Waals surface area contributed by atoms with Crippen LogP contribution in [0.25, 0.3) is 0 Å². The van der Waals surface area contributed by atoms with Crippen molar-refractivity contribution < 1.29 is 28.6 Å². The Kier molecular flexibility index (Phi) is 6.58. The van der Waals surface area contributed by atoms with E-state index >= 15 is 0 Å². The zero-order valence-corrected chi connectivity index (χ0v) is 20.1. The largest absolute Gasteiger partial charge is 0.497 e. The Labute approximate surface area is 204 Å². The third-order valence-corrected chi connectivity index (χ3v) is 7.06. The van der Waals surface area contributed by atoms with E-state index in [2.05, 4.69) is 4.90 Å². The topological polar surface area (TPSA) is 85.4 Å². The summed E-state index contributed by atoms with van der Waals surface area (Å²) in [6.45, 7) is 5.78. The highest BCUT2D eigenvalue weighted by atomic mass is 16.5. The minimum atomic E-state index is -1.11. The fourth-order valence-electron chi connectivity index (χ4n) is 5.25. The van der Waals surface area contributed by atoms with Crippen molar-refractivity contribution in [2.75, 3.05) is 46.5 Å². The minimum absolute atomic E-state index is 0.0465. The Morgan fingerprint density at radius 2 is 1.89 bits per heavy atom. The Hall–Kier alpha value is -3.23. The third-order valence-electron chi connectivity index (χ3n) is 7.06. The lowest BCUT2D eigenvalue weighted by molar-refractivity contribution is -0.141. The van der Waals surface area contributed by atoms with Crippen LogP contribution in [-0.2, 0) is 20.7 Å². The zero-order chi connectivity index (χ0) is 24.5. The molecule has 0 spiro atoms. The van der Waals surface area contributed by atoms with Crippen LogP contribution >= 0.6 is 0 Å². The lowest BCUT2D eigenvalue weighted by Crippen LogP contribution is -2.42. The number of rotatable bonds is 7. The Morgan fingerprint density at radius 1 is 1.09 bits per heavy atom. The van der Waals surface area contributed by atoms with Gasteiger partial charge in [-0.2, -0.15) is 0 Å². The number of amides is 1. The minimum Gasteiger partial charge on any atom is -0.497 e. The number of ether oxygens (including phenoxy) is 3. The van der Waals surface area contributed by atoms with E-state index < -0.39 is 23.7 Å². The van der Waals surface area contributed by atoms with Gasteiger partial charge in [-0.25, -0.2) is 0 Å². The predicted molar refractivity (Wildman–Crippen MR) is 128 cm³/mol. The first-order valence-electron chi connectivity index (χ1n) is 12.1. The number of fused-ring (bicyclic) bond motifs is 1. The molecule has 0 radical (unpaired) electrons. The van der Waals surface area contributed by atoms with Gasteiger partial charge < -0.3 is 19.1 Å². The van der Waals surface area contributed by atoms with Crippen molar-refractivity contribution in [3.8, 4) is 11.5 Å². The van der Waals surface area contributed by atoms with E-state index in [1.807, 2.05) is 19.1 Å². The number of hydrogen-bond donors (Lipinski definition) is 0. The Balaban J connectivity index is 1.48. The van der Waals surface area contributed by atoms with Gasteiger partial charge in [0.25, 0.3) is 5.91 Å². The molecule has 5 rings (SSSR count). The first-order chi connectivity index (χ1) is 17.0. The van der Waals surface area contributed by atoms with Crippen molar-refractivity contribution in [3.63, 3.8) is 0 Å². The summed E-state index contributed by atoms with van der Waals surface area (Å²) < 4.78 is 16.6. The van der Waals surface area contributed by atoms with Gasteiger partial charge in [-0.3, -0.25) is 19.3 Å². The molecule has 3 atom stereocenters. The van der Waals surface area contributed by atoms with E-state index in [9.17, 15) is 14.4 Å². The number of likely N-dealkylation sites (tertiary alicyclic amines) is 1. The second kappa shape index (κ2) is 9.79. The maximum absolute atomic E-state index is 13.8. The SMILES string of the molecule is COc1cccc(C2C(C(=O)c3ccc4c(c3)CC(C)O4)C(=O)C(=O)N2CCN2CCOCC2)c1. The summed E-state index contributed by atoms with van der Waals surface area (Å²) in [6.07, 6.45) is 0.754. The quantitative estimate of drug-likeness (QED) is 0.343. The van der Waals surface area contributed by atoms with Crippen LogP contribution in [0, 0.1) is 5.92 Å². The molecular formula is C27H30N2O6. The summed E-state index contributed by atoms with van der Waals surface area (Å²) in [5.74, 6) is -1.35. The number of hydrogen-bond acceptors (Lipinski definition) is 7. The van der Waals surface area contributed by atoms with E-state index in [4.69, 9.17) is 14.2 Å². The molecule has 184 valence electrons. The highest BCUT2D eigenvalue weighted by Crippen LogP contribution is 2.40. The summed E-state index contributed by atoms with van der Waals surface area (Å²) in [4.78, 5) is 44.1. The highest BCUT2D eigenvalue weighted by molar-refractivity contribution is 6.44. The molecule has 8 nitrogen and oxygen atoms in total. The van der Waals surface area contributed by atoms with Gasteiger partial charge in [-0.05, 0) is 48.4 Å². The summed E-state index contributed by atoms with van der Waals surface area (Å²) in [6, 6.07) is 11.9. The number of ketones is 2. The summed E-state index contributed by atoms with van der Waals surface area (Å²) in [7, 11) is 1.57. The van der Waals surface area contributed by atoms with Gasteiger partial charge in [0.2, 0.25) is 5.78 Å². The molecule has 2 fully saturated rings. The van der Waals surface area contributed by atoms with Gasteiger partial charge in [0, 0.05) is 38.2 Å². The maximum atomic E-state index is 13.8. The molecule has 2 aromatic rings. The number of methoxy groups -OCH3 is 1. The van der Waals surface area contributed by atoms with Crippen LogP contribution in [0.1, 0.15) is 34.5 Å². The van der Waals surface area contributed by atoms with E-state index in [0.29, 0.717) is 49.6 Å². The van der Waals surface area contributed by atoms with Crippen molar-refractivity contribution in [3.05, 3.63) is 59.2 Å². The lowest BCUT2D eigenvalue weighted by Gasteiger charge is -2.31.